The molecule has 0 radical (unpaired) electrons. The molecular weight excluding hydrogens is 380 g/mol. The van der Waals surface area contributed by atoms with Gasteiger partial charge in [-0.25, -0.2) is 13.4 Å². The number of piperidine rings is 1. The number of hydrogen-bond donors (Lipinski definition) is 1. The second-order valence-electron chi connectivity index (χ2n) is 8.03. The Kier molecular flexibility index (Phi) is 5.30. The summed E-state index contributed by atoms with van der Waals surface area (Å²) < 4.78 is 25.9. The molecule has 1 amide bonds. The molecule has 1 unspecified atom stereocenters. The number of amides is 1. The first kappa shape index (κ1) is 19.6. The number of nitrogens with one attached hydrogen (secondary N) is 1. The summed E-state index contributed by atoms with van der Waals surface area (Å²) in [5.41, 5.74) is 0.901. The third-order valence-corrected chi connectivity index (χ3v) is 8.20. The summed E-state index contributed by atoms with van der Waals surface area (Å²) in [5, 5.41) is 0. The van der Waals surface area contributed by atoms with E-state index in [9.17, 15) is 18.0 Å². The maximum atomic E-state index is 12.9. The van der Waals surface area contributed by atoms with E-state index < -0.39 is 10.0 Å². The molecule has 1 aliphatic carbocycles. The molecule has 0 spiro atoms. The Bertz CT molecular complexity index is 922. The van der Waals surface area contributed by atoms with Crippen LogP contribution < -0.4 is 5.56 Å². The number of hydrogen-bond acceptors (Lipinski definition) is 5. The van der Waals surface area contributed by atoms with Gasteiger partial charge in [-0.05, 0) is 45.4 Å². The van der Waals surface area contributed by atoms with Gasteiger partial charge in [0, 0.05) is 24.6 Å². The zero-order valence-electron chi connectivity index (χ0n) is 16.3. The quantitative estimate of drug-likeness (QED) is 0.810. The van der Waals surface area contributed by atoms with Crippen molar-refractivity contribution in [3.05, 3.63) is 27.4 Å². The van der Waals surface area contributed by atoms with Gasteiger partial charge in [0.15, 0.2) is 0 Å². The smallest absolute Gasteiger partial charge is 0.254 e. The van der Waals surface area contributed by atoms with Crippen LogP contribution in [-0.2, 0) is 27.8 Å². The highest BCUT2D eigenvalue weighted by molar-refractivity contribution is 7.89. The molecule has 0 aromatic carbocycles. The molecule has 8 nitrogen and oxygen atoms in total. The predicted octanol–water partition coefficient (Wildman–Crippen LogP) is 1.33. The van der Waals surface area contributed by atoms with Crippen LogP contribution in [0.15, 0.2) is 4.79 Å². The first-order chi connectivity index (χ1) is 13.4. The summed E-state index contributed by atoms with van der Waals surface area (Å²) in [5.74, 6) is 0.818. The monoisotopic (exact) mass is 408 g/mol. The molecule has 1 saturated heterocycles. The number of fused-ring (bicyclic) bond motifs is 1. The van der Waals surface area contributed by atoms with Crippen molar-refractivity contribution in [1.82, 2.24) is 19.2 Å². The van der Waals surface area contributed by atoms with Crippen LogP contribution in [0.2, 0.25) is 0 Å². The third-order valence-electron chi connectivity index (χ3n) is 6.37. The van der Waals surface area contributed by atoms with Crippen molar-refractivity contribution in [3.8, 4) is 0 Å². The van der Waals surface area contributed by atoms with Crippen LogP contribution in [0.1, 0.15) is 68.6 Å². The minimum absolute atomic E-state index is 0.0324. The molecule has 1 saturated carbocycles. The lowest BCUT2D eigenvalue weighted by atomic mass is 9.83. The average molecular weight is 409 g/mol. The topological polar surface area (TPSA) is 103 Å². The first-order valence-electron chi connectivity index (χ1n) is 10.3. The maximum Gasteiger partial charge on any atom is 0.254 e. The largest absolute Gasteiger partial charge is 0.332 e. The van der Waals surface area contributed by atoms with Crippen molar-refractivity contribution >= 4 is 15.9 Å². The summed E-state index contributed by atoms with van der Waals surface area (Å²) in [4.78, 5) is 35.0. The Labute approximate surface area is 165 Å². The lowest BCUT2D eigenvalue weighted by molar-refractivity contribution is -0.142. The molecule has 0 bridgehead atoms. The Hall–Kier alpha value is -1.74. The summed E-state index contributed by atoms with van der Waals surface area (Å²) in [6.45, 7) is 2.75. The van der Waals surface area contributed by atoms with Crippen molar-refractivity contribution < 1.29 is 13.2 Å². The fourth-order valence-corrected chi connectivity index (χ4v) is 5.44. The molecular formula is C19H28N4O4S. The standard InChI is InChI=1S/C19H28N4O4S/c1-2-28(26,27)22-11-9-14-15(12-22)20-17(21-18(14)24)16-8-3-4-10-23(16)19(25)13-6-5-7-13/h13,16H,2-12H2,1H3,(H,20,21,24). The van der Waals surface area contributed by atoms with E-state index in [1.807, 2.05) is 4.90 Å². The normalized spacial score (nSPS) is 23.9. The molecule has 154 valence electrons. The number of carbonyl (C=O) groups is 1. The fourth-order valence-electron chi connectivity index (χ4n) is 4.38. The van der Waals surface area contributed by atoms with Crippen LogP contribution >= 0.6 is 0 Å². The van der Waals surface area contributed by atoms with Gasteiger partial charge in [0.05, 0.1) is 24.0 Å². The van der Waals surface area contributed by atoms with Crippen LogP contribution in [0.3, 0.4) is 0 Å². The second-order valence-corrected chi connectivity index (χ2v) is 10.3. The molecule has 3 heterocycles. The van der Waals surface area contributed by atoms with Crippen molar-refractivity contribution in [2.75, 3.05) is 18.8 Å². The van der Waals surface area contributed by atoms with Crippen LogP contribution in [0.25, 0.3) is 0 Å². The van der Waals surface area contributed by atoms with E-state index in [0.717, 1.165) is 38.5 Å². The maximum absolute atomic E-state index is 12.9. The number of sulfonamides is 1. The number of aromatic nitrogens is 2. The highest BCUT2D eigenvalue weighted by atomic mass is 32.2. The zero-order valence-corrected chi connectivity index (χ0v) is 17.1. The Morgan fingerprint density at radius 2 is 1.96 bits per heavy atom. The molecule has 1 aromatic heterocycles. The van der Waals surface area contributed by atoms with Gasteiger partial charge in [-0.2, -0.15) is 4.31 Å². The van der Waals surface area contributed by atoms with E-state index >= 15 is 0 Å². The Morgan fingerprint density at radius 1 is 1.18 bits per heavy atom. The van der Waals surface area contributed by atoms with Gasteiger partial charge in [-0.15, -0.1) is 0 Å². The van der Waals surface area contributed by atoms with Gasteiger partial charge in [0.25, 0.3) is 5.56 Å². The van der Waals surface area contributed by atoms with Gasteiger partial charge in [-0.3, -0.25) is 9.59 Å². The Morgan fingerprint density at radius 3 is 2.64 bits per heavy atom. The summed E-state index contributed by atoms with van der Waals surface area (Å²) >= 11 is 0. The summed E-state index contributed by atoms with van der Waals surface area (Å²) in [7, 11) is -3.33. The van der Waals surface area contributed by atoms with Crippen LogP contribution in [0, 0.1) is 5.92 Å². The fraction of sp³-hybridized carbons (Fsp3) is 0.737. The predicted molar refractivity (Wildman–Crippen MR) is 104 cm³/mol. The molecule has 2 fully saturated rings. The number of rotatable bonds is 4. The number of nitrogens with zero attached hydrogens (tertiary/aromatic N) is 3. The van der Waals surface area contributed by atoms with E-state index in [4.69, 9.17) is 0 Å². The van der Waals surface area contributed by atoms with Gasteiger partial charge in [0.1, 0.15) is 5.82 Å². The van der Waals surface area contributed by atoms with Crippen LogP contribution in [0.4, 0.5) is 0 Å². The lowest BCUT2D eigenvalue weighted by Gasteiger charge is -2.39. The third kappa shape index (κ3) is 3.50. The van der Waals surface area contributed by atoms with E-state index in [0.29, 0.717) is 36.6 Å². The van der Waals surface area contributed by atoms with E-state index in [-0.39, 0.29) is 35.7 Å². The first-order valence-corrected chi connectivity index (χ1v) is 11.9. The van der Waals surface area contributed by atoms with Crippen molar-refractivity contribution in [2.45, 2.75) is 64.5 Å². The molecule has 9 heteroatoms. The van der Waals surface area contributed by atoms with Gasteiger partial charge in [0.2, 0.25) is 15.9 Å². The molecule has 4 rings (SSSR count). The second kappa shape index (κ2) is 7.59. The van der Waals surface area contributed by atoms with Crippen molar-refractivity contribution in [1.29, 1.82) is 0 Å². The number of H-pyrrole nitrogens is 1. The van der Waals surface area contributed by atoms with Gasteiger partial charge in [-0.1, -0.05) is 6.42 Å². The van der Waals surface area contributed by atoms with Crippen LogP contribution in [-0.4, -0.2) is 52.3 Å². The van der Waals surface area contributed by atoms with Crippen molar-refractivity contribution in [2.24, 2.45) is 5.92 Å². The lowest BCUT2D eigenvalue weighted by Crippen LogP contribution is -2.45. The molecule has 28 heavy (non-hydrogen) atoms. The summed E-state index contributed by atoms with van der Waals surface area (Å²) in [6, 6.07) is -0.224. The highest BCUT2D eigenvalue weighted by Gasteiger charge is 2.37. The summed E-state index contributed by atoms with van der Waals surface area (Å²) in [6.07, 6.45) is 6.08. The number of aromatic amines is 1. The highest BCUT2D eigenvalue weighted by Crippen LogP contribution is 2.35. The van der Waals surface area contributed by atoms with Crippen molar-refractivity contribution in [3.63, 3.8) is 0 Å². The van der Waals surface area contributed by atoms with E-state index in [1.54, 1.807) is 6.92 Å². The van der Waals surface area contributed by atoms with Crippen LogP contribution in [0.5, 0.6) is 0 Å². The SMILES string of the molecule is CCS(=O)(=O)N1CCc2c(nc(C3CCCCN3C(=O)C3CCC3)[nH]c2=O)C1. The minimum Gasteiger partial charge on any atom is -0.332 e. The molecule has 3 aliphatic rings. The molecule has 1 N–H and O–H groups in total. The van der Waals surface area contributed by atoms with E-state index in [2.05, 4.69) is 9.97 Å². The molecule has 1 aromatic rings. The zero-order chi connectivity index (χ0) is 19.9. The minimum atomic E-state index is -3.33. The molecule has 2 aliphatic heterocycles. The Balaban J connectivity index is 1.65. The number of likely N-dealkylation sites (tertiary alicyclic amines) is 1. The molecule has 1 atom stereocenters. The van der Waals surface area contributed by atoms with Gasteiger partial charge >= 0.3 is 0 Å². The average Bonchev–Trinajstić information content (AvgIpc) is 2.66. The van der Waals surface area contributed by atoms with Gasteiger partial charge < -0.3 is 9.88 Å². The number of carbonyl (C=O) groups excluding carboxylic acids is 1. The van der Waals surface area contributed by atoms with E-state index in [1.165, 1.54) is 4.31 Å².